The zero-order chi connectivity index (χ0) is 40.5. The van der Waals surface area contributed by atoms with Crippen LogP contribution in [0.2, 0.25) is 0 Å². The molecule has 4 aliphatic heterocycles. The molecule has 0 radical (unpaired) electrons. The van der Waals surface area contributed by atoms with E-state index >= 15 is 0 Å². The normalized spacial score (nSPS) is 13.6. The number of fused-ring (bicyclic) bond motifs is 11. The van der Waals surface area contributed by atoms with Gasteiger partial charge in [-0.1, -0.05) is 133 Å². The molecule has 0 amide bonds. The van der Waals surface area contributed by atoms with Gasteiger partial charge in [-0.25, -0.2) is 0 Å². The van der Waals surface area contributed by atoms with Crippen molar-refractivity contribution >= 4 is 91.7 Å². The van der Waals surface area contributed by atoms with Gasteiger partial charge >= 0.3 is 6.71 Å². The van der Waals surface area contributed by atoms with E-state index in [1.807, 2.05) is 12.1 Å². The highest BCUT2D eigenvalue weighted by Gasteiger charge is 2.50. The van der Waals surface area contributed by atoms with Crippen LogP contribution in [0.3, 0.4) is 0 Å². The van der Waals surface area contributed by atoms with Crippen LogP contribution in [0, 0.1) is 0 Å². The third-order valence-corrected chi connectivity index (χ3v) is 13.0. The van der Waals surface area contributed by atoms with E-state index in [0.717, 1.165) is 101 Å². The number of hydrogen-bond donors (Lipinski definition) is 0. The summed E-state index contributed by atoms with van der Waals surface area (Å²) in [5.41, 5.74) is 17.9. The first-order valence-electron chi connectivity index (χ1n) is 21.1. The molecule has 14 rings (SSSR count). The zero-order valence-corrected chi connectivity index (χ0v) is 33.2. The van der Waals surface area contributed by atoms with Crippen LogP contribution in [-0.4, -0.2) is 13.4 Å². The van der Waals surface area contributed by atoms with Crippen molar-refractivity contribution in [1.82, 2.24) is 0 Å². The highest BCUT2D eigenvalue weighted by atomic mass is 16.6. The van der Waals surface area contributed by atoms with E-state index in [9.17, 15) is 0 Å². The first-order valence-corrected chi connectivity index (χ1v) is 21.1. The maximum atomic E-state index is 7.29. The van der Waals surface area contributed by atoms with Crippen molar-refractivity contribution in [2.75, 3.05) is 9.80 Å². The van der Waals surface area contributed by atoms with Crippen LogP contribution in [0.4, 0.5) is 34.1 Å². The Hall–Kier alpha value is -8.09. The molecule has 8 aromatic carbocycles. The smallest absolute Gasteiger partial charge is 0.301 e. The molecule has 0 fully saturated rings. The van der Waals surface area contributed by atoms with Crippen molar-refractivity contribution in [3.05, 3.63) is 194 Å². The van der Waals surface area contributed by atoms with Crippen LogP contribution in [-0.2, 0) is 0 Å². The molecular formula is C54H32B2N2O4. The topological polar surface area (TPSA) is 51.2 Å². The predicted octanol–water partition coefficient (Wildman–Crippen LogP) is 10.2. The molecule has 0 atom stereocenters. The van der Waals surface area contributed by atoms with Gasteiger partial charge in [-0.2, -0.15) is 0 Å². The molecule has 0 aliphatic carbocycles. The second-order valence-corrected chi connectivity index (χ2v) is 16.3. The van der Waals surface area contributed by atoms with Crippen molar-refractivity contribution < 1.29 is 18.3 Å². The first-order chi connectivity index (χ1) is 30.8. The Morgan fingerprint density at radius 1 is 0.355 bits per heavy atom. The number of para-hydroxylation sites is 4. The molecule has 6 heterocycles. The van der Waals surface area contributed by atoms with Crippen molar-refractivity contribution in [3.8, 4) is 45.4 Å². The zero-order valence-electron chi connectivity index (χ0n) is 33.2. The van der Waals surface area contributed by atoms with E-state index in [-0.39, 0.29) is 13.4 Å². The molecule has 8 heteroatoms. The number of furan rings is 2. The van der Waals surface area contributed by atoms with Gasteiger partial charge in [0.15, 0.2) is 5.58 Å². The minimum Gasteiger partial charge on any atom is -0.463 e. The molecule has 62 heavy (non-hydrogen) atoms. The van der Waals surface area contributed by atoms with Crippen molar-refractivity contribution in [1.29, 1.82) is 0 Å². The van der Waals surface area contributed by atoms with E-state index in [1.165, 1.54) is 0 Å². The average Bonchev–Trinajstić information content (AvgIpc) is 3.88. The monoisotopic (exact) mass is 794 g/mol. The van der Waals surface area contributed by atoms with Gasteiger partial charge in [-0.05, 0) is 99.3 Å². The van der Waals surface area contributed by atoms with Crippen LogP contribution in [0.1, 0.15) is 0 Å². The largest absolute Gasteiger partial charge is 0.463 e. The molecule has 288 valence electrons. The van der Waals surface area contributed by atoms with Crippen molar-refractivity contribution in [2.24, 2.45) is 0 Å². The van der Waals surface area contributed by atoms with Gasteiger partial charge in [0.05, 0.1) is 5.46 Å². The Balaban J connectivity index is 1.02. The molecule has 0 bridgehead atoms. The molecule has 10 aromatic rings. The summed E-state index contributed by atoms with van der Waals surface area (Å²) in [6.45, 7) is -0.496. The summed E-state index contributed by atoms with van der Waals surface area (Å²) in [5.74, 6) is 2.53. The predicted molar refractivity (Wildman–Crippen MR) is 251 cm³/mol. The SMILES string of the molecule is c1ccc(-c2cc3c4c(c2)N(c2ccccc2)c2ccccc2B4c2oc4c5c(oc4c2O3)Oc2cc(-c3ccccc3)cc3c2B5c2ccccc2N3c2ccccc2)cc1. The van der Waals surface area contributed by atoms with Gasteiger partial charge in [-0.3, -0.25) is 0 Å². The highest BCUT2D eigenvalue weighted by Crippen LogP contribution is 2.48. The third-order valence-electron chi connectivity index (χ3n) is 13.0. The maximum Gasteiger partial charge on any atom is 0.301 e. The fourth-order valence-electron chi connectivity index (χ4n) is 10.4. The van der Waals surface area contributed by atoms with E-state index in [1.54, 1.807) is 0 Å². The second kappa shape index (κ2) is 12.7. The lowest BCUT2D eigenvalue weighted by molar-refractivity contribution is 0.360. The van der Waals surface area contributed by atoms with Crippen LogP contribution in [0.15, 0.2) is 203 Å². The summed E-state index contributed by atoms with van der Waals surface area (Å²) in [4.78, 5) is 4.72. The van der Waals surface area contributed by atoms with E-state index in [0.29, 0.717) is 22.9 Å². The summed E-state index contributed by atoms with van der Waals surface area (Å²) in [7, 11) is 0. The Bertz CT molecular complexity index is 3440. The molecule has 0 saturated heterocycles. The molecule has 6 nitrogen and oxygen atoms in total. The van der Waals surface area contributed by atoms with Crippen LogP contribution >= 0.6 is 0 Å². The Morgan fingerprint density at radius 2 is 0.823 bits per heavy atom. The summed E-state index contributed by atoms with van der Waals surface area (Å²) in [5, 5.41) is 0. The summed E-state index contributed by atoms with van der Waals surface area (Å²) in [6, 6.07) is 68.3. The molecule has 0 spiro atoms. The number of rotatable bonds is 4. The molecule has 2 aromatic heterocycles. The number of hydrogen-bond acceptors (Lipinski definition) is 6. The quantitative estimate of drug-likeness (QED) is 0.166. The van der Waals surface area contributed by atoms with Crippen LogP contribution in [0.5, 0.6) is 23.2 Å². The minimum atomic E-state index is -0.254. The fraction of sp³-hybridized carbons (Fsp3) is 0. The lowest BCUT2D eigenvalue weighted by Crippen LogP contribution is -2.60. The first kappa shape index (κ1) is 33.7. The Morgan fingerprint density at radius 3 is 1.39 bits per heavy atom. The number of nitrogens with zero attached hydrogens (tertiary/aromatic N) is 2. The lowest BCUT2D eigenvalue weighted by atomic mass is 9.34. The molecule has 4 aliphatic rings. The van der Waals surface area contributed by atoms with Gasteiger partial charge < -0.3 is 28.1 Å². The maximum absolute atomic E-state index is 7.29. The standard InChI is InChI=1S/C54H32B2N2O4/c1-5-17-33(18-6-1)35-30-44-48-45(31-35)59-52-51-50(61-53(52)56(48)40-26-14-16-28-42(40)58(44)38-23-11-4-12-24-38)49-54(62-51)60-46-32-36(34-19-7-2-8-20-34)29-43-47(46)55(49)39-25-13-15-27-41(39)57(43)37-21-9-3-10-22-37/h1-32H. The van der Waals surface area contributed by atoms with E-state index in [2.05, 4.69) is 192 Å². The van der Waals surface area contributed by atoms with E-state index in [4.69, 9.17) is 18.3 Å². The van der Waals surface area contributed by atoms with E-state index < -0.39 is 0 Å². The Kier molecular flexibility index (Phi) is 6.91. The number of anilines is 6. The molecular weight excluding hydrogens is 762 g/mol. The number of benzene rings is 8. The second-order valence-electron chi connectivity index (χ2n) is 16.3. The van der Waals surface area contributed by atoms with Crippen LogP contribution in [0.25, 0.3) is 33.4 Å². The van der Waals surface area contributed by atoms with Gasteiger partial charge in [-0.15, -0.1) is 0 Å². The molecule has 0 N–H and O–H groups in total. The molecule has 0 unspecified atom stereocenters. The van der Waals surface area contributed by atoms with Crippen molar-refractivity contribution in [2.45, 2.75) is 0 Å². The van der Waals surface area contributed by atoms with Gasteiger partial charge in [0.25, 0.3) is 12.7 Å². The van der Waals surface area contributed by atoms with Crippen LogP contribution < -0.4 is 52.2 Å². The Labute approximate surface area is 358 Å². The number of ether oxygens (including phenoxy) is 2. The highest BCUT2D eigenvalue weighted by molar-refractivity contribution is 7.01. The minimum absolute atomic E-state index is 0.242. The lowest BCUT2D eigenvalue weighted by Gasteiger charge is -2.39. The summed E-state index contributed by atoms with van der Waals surface area (Å²) >= 11 is 0. The third kappa shape index (κ3) is 4.66. The average molecular weight is 794 g/mol. The fourth-order valence-corrected chi connectivity index (χ4v) is 10.4. The molecule has 0 saturated carbocycles. The van der Waals surface area contributed by atoms with Crippen molar-refractivity contribution in [3.63, 3.8) is 0 Å². The summed E-state index contributed by atoms with van der Waals surface area (Å²) < 4.78 is 28.3. The van der Waals surface area contributed by atoms with Gasteiger partial charge in [0, 0.05) is 39.6 Å². The summed E-state index contributed by atoms with van der Waals surface area (Å²) in [6.07, 6.45) is 0. The van der Waals surface area contributed by atoms with Gasteiger partial charge in [0.1, 0.15) is 17.2 Å². The van der Waals surface area contributed by atoms with Gasteiger partial charge in [0.2, 0.25) is 11.3 Å².